The summed E-state index contributed by atoms with van der Waals surface area (Å²) in [7, 11) is -1.99. The van der Waals surface area contributed by atoms with E-state index in [0.29, 0.717) is 13.1 Å². The van der Waals surface area contributed by atoms with E-state index in [0.717, 1.165) is 12.8 Å². The third kappa shape index (κ3) is 6.53. The lowest BCUT2D eigenvalue weighted by Crippen LogP contribution is -2.48. The van der Waals surface area contributed by atoms with Crippen molar-refractivity contribution in [3.63, 3.8) is 0 Å². The molecule has 1 heterocycles. The normalized spacial score (nSPS) is 22.8. The molecule has 7 nitrogen and oxygen atoms in total. The van der Waals surface area contributed by atoms with Crippen molar-refractivity contribution in [3.05, 3.63) is 10.4 Å². The summed E-state index contributed by atoms with van der Waals surface area (Å²) >= 11 is 0. The number of likely N-dealkylation sites (tertiary alicyclic amines) is 1. The van der Waals surface area contributed by atoms with Gasteiger partial charge in [0.15, 0.2) is 8.32 Å². The van der Waals surface area contributed by atoms with Gasteiger partial charge in [-0.05, 0) is 57.3 Å². The lowest BCUT2D eigenvalue weighted by Gasteiger charge is -2.40. The molecule has 1 amide bonds. The molecule has 25 heavy (non-hydrogen) atoms. The van der Waals surface area contributed by atoms with Gasteiger partial charge in [0.25, 0.3) is 0 Å². The molecule has 0 spiro atoms. The van der Waals surface area contributed by atoms with Gasteiger partial charge in [-0.2, -0.15) is 0 Å². The molecule has 1 aliphatic heterocycles. The average molecular weight is 371 g/mol. The Kier molecular flexibility index (Phi) is 6.95. The average Bonchev–Trinajstić information content (AvgIpc) is 2.59. The third-order valence-electron chi connectivity index (χ3n) is 4.86. The highest BCUT2D eigenvalue weighted by Gasteiger charge is 2.42. The number of rotatable bonds is 3. The summed E-state index contributed by atoms with van der Waals surface area (Å²) in [6.07, 6.45) is 1.05. The smallest absolute Gasteiger partial charge is 0.410 e. The Morgan fingerprint density at radius 1 is 1.24 bits per heavy atom. The van der Waals surface area contributed by atoms with Crippen LogP contribution in [0.15, 0.2) is 5.11 Å². The summed E-state index contributed by atoms with van der Waals surface area (Å²) < 4.78 is 12.0. The van der Waals surface area contributed by atoms with Crippen LogP contribution in [-0.4, -0.2) is 50.1 Å². The highest BCUT2D eigenvalue weighted by atomic mass is 28.4. The molecule has 1 aliphatic rings. The fourth-order valence-corrected chi connectivity index (χ4v) is 3.86. The highest BCUT2D eigenvalue weighted by Crippen LogP contribution is 2.38. The van der Waals surface area contributed by atoms with Crippen LogP contribution in [0.1, 0.15) is 54.4 Å². The van der Waals surface area contributed by atoms with Crippen LogP contribution < -0.4 is 0 Å². The fourth-order valence-electron chi connectivity index (χ4n) is 2.47. The second-order valence-electron chi connectivity index (χ2n) is 9.26. The molecule has 0 bridgehead atoms. The Morgan fingerprint density at radius 2 is 1.84 bits per heavy atom. The number of amides is 1. The zero-order chi connectivity index (χ0) is 19.5. The molecule has 0 saturated carbocycles. The van der Waals surface area contributed by atoms with Gasteiger partial charge in [-0.1, -0.05) is 25.9 Å². The second kappa shape index (κ2) is 7.97. The zero-order valence-corrected chi connectivity index (χ0v) is 18.0. The number of hydrogen-bond acceptors (Lipinski definition) is 4. The molecule has 0 aromatic rings. The lowest BCUT2D eigenvalue weighted by molar-refractivity contribution is 0.0239. The van der Waals surface area contributed by atoms with Crippen LogP contribution in [0, 0.1) is 0 Å². The van der Waals surface area contributed by atoms with Crippen molar-refractivity contribution in [2.75, 3.05) is 13.1 Å². The van der Waals surface area contributed by atoms with Crippen molar-refractivity contribution in [2.24, 2.45) is 5.11 Å². The maximum atomic E-state index is 12.4. The number of carbonyl (C=O) groups is 1. The van der Waals surface area contributed by atoms with Crippen molar-refractivity contribution in [1.82, 2.24) is 4.90 Å². The van der Waals surface area contributed by atoms with Crippen molar-refractivity contribution in [2.45, 2.75) is 90.3 Å². The molecule has 0 radical (unpaired) electrons. The number of nitrogens with zero attached hydrogens (tertiary/aromatic N) is 4. The van der Waals surface area contributed by atoms with E-state index in [9.17, 15) is 4.79 Å². The van der Waals surface area contributed by atoms with Gasteiger partial charge in [0, 0.05) is 18.0 Å². The molecule has 1 fully saturated rings. The van der Waals surface area contributed by atoms with Crippen LogP contribution in [0.25, 0.3) is 10.4 Å². The SMILES string of the molecule is CC(C)(C)OC(=O)N1CCC[C@@H](O[Si](C)(C)C(C)(C)C)[C@@H](N=[N+]=[N-])C1. The van der Waals surface area contributed by atoms with Gasteiger partial charge in [0.1, 0.15) is 5.60 Å². The minimum atomic E-state index is -1.99. The molecule has 0 aliphatic carbocycles. The zero-order valence-electron chi connectivity index (χ0n) is 17.0. The highest BCUT2D eigenvalue weighted by molar-refractivity contribution is 6.74. The van der Waals surface area contributed by atoms with Crippen LogP contribution in [0.5, 0.6) is 0 Å². The van der Waals surface area contributed by atoms with Gasteiger partial charge < -0.3 is 14.1 Å². The quantitative estimate of drug-likeness (QED) is 0.300. The van der Waals surface area contributed by atoms with Gasteiger partial charge in [0.05, 0.1) is 12.1 Å². The standard InChI is InChI=1S/C17H34N4O3Si/c1-16(2,3)23-15(22)21-11-9-10-14(13(12-21)19-20-18)24-25(7,8)17(4,5)6/h13-14H,9-12H2,1-8H3/t13-,14+/m0/s1. The topological polar surface area (TPSA) is 87.5 Å². The van der Waals surface area contributed by atoms with Crippen LogP contribution in [0.2, 0.25) is 18.1 Å². The van der Waals surface area contributed by atoms with Crippen LogP contribution >= 0.6 is 0 Å². The van der Waals surface area contributed by atoms with E-state index in [2.05, 4.69) is 43.9 Å². The monoisotopic (exact) mass is 370 g/mol. The van der Waals surface area contributed by atoms with Crippen molar-refractivity contribution in [3.8, 4) is 0 Å². The largest absolute Gasteiger partial charge is 0.444 e. The van der Waals surface area contributed by atoms with E-state index in [-0.39, 0.29) is 17.2 Å². The predicted octanol–water partition coefficient (Wildman–Crippen LogP) is 5.09. The maximum Gasteiger partial charge on any atom is 0.410 e. The van der Waals surface area contributed by atoms with Crippen LogP contribution in [0.3, 0.4) is 0 Å². The first-order chi connectivity index (χ1) is 11.3. The maximum absolute atomic E-state index is 12.4. The van der Waals surface area contributed by atoms with Crippen molar-refractivity contribution < 1.29 is 14.0 Å². The van der Waals surface area contributed by atoms with E-state index in [1.165, 1.54) is 0 Å². The fraction of sp³-hybridized carbons (Fsp3) is 0.941. The van der Waals surface area contributed by atoms with Gasteiger partial charge in [-0.3, -0.25) is 0 Å². The molecule has 0 aromatic heterocycles. The first kappa shape index (κ1) is 21.8. The Balaban J connectivity index is 2.94. The minimum absolute atomic E-state index is 0.0745. The predicted molar refractivity (Wildman–Crippen MR) is 102 cm³/mol. The minimum Gasteiger partial charge on any atom is -0.444 e. The van der Waals surface area contributed by atoms with E-state index in [4.69, 9.17) is 14.7 Å². The molecular formula is C17H34N4O3Si. The summed E-state index contributed by atoms with van der Waals surface area (Å²) in [6.45, 7) is 17.4. The van der Waals surface area contributed by atoms with Crippen LogP contribution in [-0.2, 0) is 9.16 Å². The van der Waals surface area contributed by atoms with Gasteiger partial charge in [0.2, 0.25) is 0 Å². The van der Waals surface area contributed by atoms with Gasteiger partial charge >= 0.3 is 6.09 Å². The van der Waals surface area contributed by atoms with E-state index in [1.807, 2.05) is 20.8 Å². The summed E-state index contributed by atoms with van der Waals surface area (Å²) in [5.41, 5.74) is 8.43. The molecule has 2 atom stereocenters. The van der Waals surface area contributed by atoms with Gasteiger partial charge in [-0.15, -0.1) is 0 Å². The molecule has 144 valence electrons. The molecule has 0 N–H and O–H groups in total. The number of ether oxygens (including phenoxy) is 1. The molecule has 1 saturated heterocycles. The Labute approximate surface area is 152 Å². The number of carbonyl (C=O) groups excluding carboxylic acids is 1. The Hall–Kier alpha value is -1.24. The van der Waals surface area contributed by atoms with Crippen molar-refractivity contribution >= 4 is 14.4 Å². The third-order valence-corrected chi connectivity index (χ3v) is 9.36. The summed E-state index contributed by atoms with van der Waals surface area (Å²) in [6, 6.07) is -0.394. The molecule has 0 aromatic carbocycles. The van der Waals surface area contributed by atoms with E-state index < -0.39 is 20.0 Å². The Bertz CT molecular complexity index is 519. The lowest BCUT2D eigenvalue weighted by atomic mass is 10.1. The molecule has 0 unspecified atom stereocenters. The first-order valence-corrected chi connectivity index (χ1v) is 11.9. The number of azide groups is 1. The Morgan fingerprint density at radius 3 is 2.32 bits per heavy atom. The molecular weight excluding hydrogens is 336 g/mol. The summed E-state index contributed by atoms with van der Waals surface area (Å²) in [5.74, 6) is 0. The van der Waals surface area contributed by atoms with E-state index in [1.54, 1.807) is 4.90 Å². The summed E-state index contributed by atoms with van der Waals surface area (Å²) in [4.78, 5) is 17.0. The second-order valence-corrected chi connectivity index (χ2v) is 14.0. The van der Waals surface area contributed by atoms with Gasteiger partial charge in [-0.25, -0.2) is 4.79 Å². The number of hydrogen-bond donors (Lipinski definition) is 0. The molecule has 8 heteroatoms. The first-order valence-electron chi connectivity index (χ1n) is 8.97. The van der Waals surface area contributed by atoms with Crippen molar-refractivity contribution in [1.29, 1.82) is 0 Å². The van der Waals surface area contributed by atoms with E-state index >= 15 is 0 Å². The summed E-state index contributed by atoms with van der Waals surface area (Å²) in [5, 5.41) is 4.02. The van der Waals surface area contributed by atoms with Crippen LogP contribution in [0.4, 0.5) is 4.79 Å². The molecule has 1 rings (SSSR count).